The van der Waals surface area contributed by atoms with E-state index in [4.69, 9.17) is 14.7 Å². The minimum atomic E-state index is -0.834. The summed E-state index contributed by atoms with van der Waals surface area (Å²) in [5.74, 6) is 1.50. The zero-order valence-electron chi connectivity index (χ0n) is 19.2. The predicted molar refractivity (Wildman–Crippen MR) is 125 cm³/mol. The van der Waals surface area contributed by atoms with E-state index in [0.29, 0.717) is 32.2 Å². The second-order valence-electron chi connectivity index (χ2n) is 9.10. The number of likely N-dealkylation sites (tertiary alicyclic amines) is 2. The van der Waals surface area contributed by atoms with Crippen LogP contribution in [0.4, 0.5) is 4.79 Å². The van der Waals surface area contributed by atoms with Crippen molar-refractivity contribution in [3.63, 3.8) is 0 Å². The van der Waals surface area contributed by atoms with Gasteiger partial charge in [-0.05, 0) is 61.3 Å². The quantitative estimate of drug-likeness (QED) is 0.658. The molecule has 1 aliphatic carbocycles. The molecule has 4 rings (SSSR count). The number of oxime groups is 1. The molecule has 0 aromatic heterocycles. The average molecular weight is 456 g/mol. The van der Waals surface area contributed by atoms with E-state index >= 15 is 0 Å². The van der Waals surface area contributed by atoms with Gasteiger partial charge in [0.2, 0.25) is 5.91 Å². The first-order valence-corrected chi connectivity index (χ1v) is 11.8. The third kappa shape index (κ3) is 5.86. The van der Waals surface area contributed by atoms with Crippen LogP contribution >= 0.6 is 0 Å². The maximum absolute atomic E-state index is 12.8. The summed E-state index contributed by atoms with van der Waals surface area (Å²) in [6.07, 6.45) is 6.39. The SMILES string of the molecule is CON=C1CCN(C(=O)C2CC=C(c3ccc(OCC4CCN(C(=O)O)CC4)cc3)CC2)C1. The molecule has 1 N–H and O–H groups in total. The fraction of sp³-hybridized carbons (Fsp3) is 0.560. The van der Waals surface area contributed by atoms with Crippen molar-refractivity contribution in [3.8, 4) is 5.75 Å². The van der Waals surface area contributed by atoms with Gasteiger partial charge in [0.05, 0.1) is 18.9 Å². The van der Waals surface area contributed by atoms with Gasteiger partial charge in [-0.1, -0.05) is 23.4 Å². The van der Waals surface area contributed by atoms with Crippen molar-refractivity contribution in [3.05, 3.63) is 35.9 Å². The van der Waals surface area contributed by atoms with Crippen LogP contribution in [0.3, 0.4) is 0 Å². The minimum absolute atomic E-state index is 0.0470. The molecule has 8 heteroatoms. The number of benzene rings is 1. The third-order valence-corrected chi connectivity index (χ3v) is 6.93. The number of hydrogen-bond acceptors (Lipinski definition) is 5. The van der Waals surface area contributed by atoms with Gasteiger partial charge in [0.1, 0.15) is 12.9 Å². The summed E-state index contributed by atoms with van der Waals surface area (Å²) >= 11 is 0. The normalized spacial score (nSPS) is 22.9. The van der Waals surface area contributed by atoms with E-state index < -0.39 is 6.09 Å². The van der Waals surface area contributed by atoms with E-state index in [2.05, 4.69) is 23.4 Å². The number of allylic oxidation sites excluding steroid dienone is 2. The molecule has 3 aliphatic rings. The monoisotopic (exact) mass is 455 g/mol. The number of rotatable bonds is 6. The molecule has 178 valence electrons. The maximum atomic E-state index is 12.8. The fourth-order valence-electron chi connectivity index (χ4n) is 4.88. The Labute approximate surface area is 194 Å². The summed E-state index contributed by atoms with van der Waals surface area (Å²) in [6, 6.07) is 8.18. The predicted octanol–water partition coefficient (Wildman–Crippen LogP) is 3.87. The molecule has 2 aliphatic heterocycles. The molecule has 2 saturated heterocycles. The molecule has 1 aromatic carbocycles. The average Bonchev–Trinajstić information content (AvgIpc) is 3.32. The van der Waals surface area contributed by atoms with Gasteiger partial charge in [-0.3, -0.25) is 4.79 Å². The van der Waals surface area contributed by atoms with Crippen molar-refractivity contribution in [2.75, 3.05) is 39.9 Å². The van der Waals surface area contributed by atoms with Crippen LogP contribution in [0.1, 0.15) is 44.1 Å². The first-order valence-electron chi connectivity index (χ1n) is 11.8. The van der Waals surface area contributed by atoms with Crippen LogP contribution < -0.4 is 4.74 Å². The lowest BCUT2D eigenvalue weighted by Crippen LogP contribution is -2.38. The Bertz CT molecular complexity index is 903. The van der Waals surface area contributed by atoms with Crippen molar-refractivity contribution in [2.45, 2.75) is 38.5 Å². The second-order valence-corrected chi connectivity index (χ2v) is 9.10. The smallest absolute Gasteiger partial charge is 0.407 e. The fourth-order valence-corrected chi connectivity index (χ4v) is 4.88. The Morgan fingerprint density at radius 1 is 1.06 bits per heavy atom. The largest absolute Gasteiger partial charge is 0.493 e. The number of amides is 2. The summed E-state index contributed by atoms with van der Waals surface area (Å²) in [5, 5.41) is 13.0. The summed E-state index contributed by atoms with van der Waals surface area (Å²) in [5.41, 5.74) is 3.40. The first kappa shape index (κ1) is 23.1. The summed E-state index contributed by atoms with van der Waals surface area (Å²) in [6.45, 7) is 3.10. The Morgan fingerprint density at radius 3 is 2.45 bits per heavy atom. The topological polar surface area (TPSA) is 91.7 Å². The molecule has 33 heavy (non-hydrogen) atoms. The first-order chi connectivity index (χ1) is 16.0. The van der Waals surface area contributed by atoms with Gasteiger partial charge in [-0.25, -0.2) is 4.79 Å². The molecule has 0 saturated carbocycles. The van der Waals surface area contributed by atoms with Crippen LogP contribution in [0.2, 0.25) is 0 Å². The Kier molecular flexibility index (Phi) is 7.52. The number of nitrogens with zero attached hydrogens (tertiary/aromatic N) is 3. The number of ether oxygens (including phenoxy) is 1. The van der Waals surface area contributed by atoms with Gasteiger partial charge < -0.3 is 24.5 Å². The molecule has 2 amide bonds. The molecule has 2 heterocycles. The number of carbonyl (C=O) groups is 2. The van der Waals surface area contributed by atoms with Gasteiger partial charge in [0.15, 0.2) is 0 Å². The highest BCUT2D eigenvalue weighted by atomic mass is 16.6. The molecule has 2 fully saturated rings. The number of carbonyl (C=O) groups excluding carboxylic acids is 1. The van der Waals surface area contributed by atoms with E-state index in [0.717, 1.165) is 56.5 Å². The molecule has 1 atom stereocenters. The zero-order valence-corrected chi connectivity index (χ0v) is 19.2. The van der Waals surface area contributed by atoms with Gasteiger partial charge in [0.25, 0.3) is 0 Å². The summed E-state index contributed by atoms with van der Waals surface area (Å²) < 4.78 is 5.96. The van der Waals surface area contributed by atoms with Crippen LogP contribution in [0, 0.1) is 11.8 Å². The Morgan fingerprint density at radius 2 is 1.82 bits per heavy atom. The highest BCUT2D eigenvalue weighted by Crippen LogP contribution is 2.32. The number of piperidine rings is 1. The highest BCUT2D eigenvalue weighted by Gasteiger charge is 2.30. The van der Waals surface area contributed by atoms with Crippen LogP contribution in [-0.4, -0.2) is 72.5 Å². The van der Waals surface area contributed by atoms with Crippen LogP contribution in [0.5, 0.6) is 5.75 Å². The standard InChI is InChI=1S/C25H33N3O5/c1-32-26-22-12-15-28(16-22)24(29)21-4-2-19(3-5-21)20-6-8-23(9-7-20)33-17-18-10-13-27(14-11-18)25(30)31/h2,6-9,18,21H,3-5,10-17H2,1H3,(H,30,31). The van der Waals surface area contributed by atoms with E-state index in [1.807, 2.05) is 17.0 Å². The van der Waals surface area contributed by atoms with E-state index in [1.165, 1.54) is 23.1 Å². The molecule has 8 nitrogen and oxygen atoms in total. The number of carboxylic acid groups (broad SMARTS) is 1. The van der Waals surface area contributed by atoms with Gasteiger partial charge >= 0.3 is 6.09 Å². The van der Waals surface area contributed by atoms with Crippen molar-refractivity contribution < 1.29 is 24.3 Å². The second kappa shape index (κ2) is 10.7. The summed E-state index contributed by atoms with van der Waals surface area (Å²) in [7, 11) is 1.54. The van der Waals surface area contributed by atoms with E-state index in [1.54, 1.807) is 0 Å². The summed E-state index contributed by atoms with van der Waals surface area (Å²) in [4.78, 5) is 32.1. The van der Waals surface area contributed by atoms with Crippen molar-refractivity contribution in [2.24, 2.45) is 17.0 Å². The van der Waals surface area contributed by atoms with Crippen LogP contribution in [-0.2, 0) is 9.63 Å². The van der Waals surface area contributed by atoms with Gasteiger partial charge in [-0.2, -0.15) is 0 Å². The Hall–Kier alpha value is -3.03. The van der Waals surface area contributed by atoms with Crippen molar-refractivity contribution >= 4 is 23.3 Å². The molecule has 0 radical (unpaired) electrons. The number of hydrogen-bond donors (Lipinski definition) is 1. The van der Waals surface area contributed by atoms with Crippen molar-refractivity contribution in [1.29, 1.82) is 0 Å². The zero-order chi connectivity index (χ0) is 23.2. The third-order valence-electron chi connectivity index (χ3n) is 6.93. The van der Waals surface area contributed by atoms with Gasteiger partial charge in [0, 0.05) is 32.0 Å². The lowest BCUT2D eigenvalue weighted by Gasteiger charge is -2.29. The van der Waals surface area contributed by atoms with Crippen molar-refractivity contribution in [1.82, 2.24) is 9.80 Å². The molecule has 0 bridgehead atoms. The van der Waals surface area contributed by atoms with E-state index in [9.17, 15) is 9.59 Å². The molecule has 1 unspecified atom stereocenters. The Balaban J connectivity index is 1.24. The minimum Gasteiger partial charge on any atom is -0.493 e. The molecular weight excluding hydrogens is 422 g/mol. The highest BCUT2D eigenvalue weighted by molar-refractivity contribution is 5.93. The lowest BCUT2D eigenvalue weighted by molar-refractivity contribution is -0.134. The van der Waals surface area contributed by atoms with Crippen LogP contribution in [0.25, 0.3) is 5.57 Å². The maximum Gasteiger partial charge on any atom is 0.407 e. The van der Waals surface area contributed by atoms with E-state index in [-0.39, 0.29) is 11.8 Å². The molecule has 1 aromatic rings. The molecular formula is C25H33N3O5. The van der Waals surface area contributed by atoms with Gasteiger partial charge in [-0.15, -0.1) is 0 Å². The lowest BCUT2D eigenvalue weighted by atomic mass is 9.86. The molecule has 0 spiro atoms. The van der Waals surface area contributed by atoms with Crippen LogP contribution in [0.15, 0.2) is 35.5 Å².